The van der Waals surface area contributed by atoms with Crippen molar-refractivity contribution < 1.29 is 23.6 Å². The van der Waals surface area contributed by atoms with Gasteiger partial charge in [0.25, 0.3) is 0 Å². The predicted octanol–water partition coefficient (Wildman–Crippen LogP) is 1.88. The van der Waals surface area contributed by atoms with Gasteiger partial charge in [-0.05, 0) is 24.3 Å². The van der Waals surface area contributed by atoms with Crippen molar-refractivity contribution in [3.8, 4) is 5.75 Å². The van der Waals surface area contributed by atoms with E-state index >= 15 is 0 Å². The van der Waals surface area contributed by atoms with Crippen LogP contribution in [-0.2, 0) is 6.61 Å². The van der Waals surface area contributed by atoms with Crippen molar-refractivity contribution in [3.05, 3.63) is 58.6 Å². The number of rotatable bonds is 4. The Bertz CT molecular complexity index is 623. The van der Waals surface area contributed by atoms with E-state index in [1.54, 1.807) is 0 Å². The maximum absolute atomic E-state index is 13.5. The first-order valence-electron chi connectivity index (χ1n) is 5.69. The molecule has 0 spiro atoms. The quantitative estimate of drug-likeness (QED) is 0.847. The molecule has 0 fully saturated rings. The molecular formula is C13H10BClF2O3. The van der Waals surface area contributed by atoms with Crippen molar-refractivity contribution in [1.82, 2.24) is 0 Å². The van der Waals surface area contributed by atoms with Crippen LogP contribution in [0.25, 0.3) is 0 Å². The van der Waals surface area contributed by atoms with Gasteiger partial charge in [0.2, 0.25) is 0 Å². The number of ether oxygens (including phenoxy) is 1. The van der Waals surface area contributed by atoms with Crippen LogP contribution in [0.2, 0.25) is 5.02 Å². The van der Waals surface area contributed by atoms with Crippen molar-refractivity contribution in [2.75, 3.05) is 0 Å². The molecule has 2 rings (SSSR count). The van der Waals surface area contributed by atoms with Crippen LogP contribution in [0.5, 0.6) is 5.75 Å². The monoisotopic (exact) mass is 298 g/mol. The third-order valence-corrected chi connectivity index (χ3v) is 2.88. The summed E-state index contributed by atoms with van der Waals surface area (Å²) in [5.74, 6) is -1.19. The Hall–Kier alpha value is -1.63. The van der Waals surface area contributed by atoms with E-state index in [4.69, 9.17) is 26.4 Å². The molecule has 0 atom stereocenters. The van der Waals surface area contributed by atoms with Crippen LogP contribution in [-0.4, -0.2) is 17.2 Å². The zero-order chi connectivity index (χ0) is 14.7. The first-order valence-corrected chi connectivity index (χ1v) is 6.07. The van der Waals surface area contributed by atoms with E-state index in [1.165, 1.54) is 24.3 Å². The van der Waals surface area contributed by atoms with Crippen molar-refractivity contribution >= 4 is 24.2 Å². The second kappa shape index (κ2) is 6.22. The standard InChI is InChI=1S/C13H10BClF2O3/c15-9-1-4-12(17)8(5-9)7-20-13-6-10(16)2-3-11(13)14(18)19/h1-6,18-19H,7H2. The van der Waals surface area contributed by atoms with Crippen molar-refractivity contribution in [2.45, 2.75) is 6.61 Å². The third-order valence-electron chi connectivity index (χ3n) is 2.64. The fourth-order valence-electron chi connectivity index (χ4n) is 1.66. The number of hydrogen-bond donors (Lipinski definition) is 2. The molecule has 0 amide bonds. The van der Waals surface area contributed by atoms with Crippen LogP contribution < -0.4 is 10.2 Å². The summed E-state index contributed by atoms with van der Waals surface area (Å²) in [6.07, 6.45) is 0. The number of hydrogen-bond acceptors (Lipinski definition) is 3. The van der Waals surface area contributed by atoms with E-state index < -0.39 is 18.8 Å². The highest BCUT2D eigenvalue weighted by atomic mass is 35.5. The average Bonchev–Trinajstić information content (AvgIpc) is 2.39. The lowest BCUT2D eigenvalue weighted by Gasteiger charge is -2.12. The van der Waals surface area contributed by atoms with Gasteiger partial charge in [-0.15, -0.1) is 0 Å². The molecule has 2 aromatic rings. The normalized spacial score (nSPS) is 10.4. The zero-order valence-corrected chi connectivity index (χ0v) is 10.9. The molecule has 0 unspecified atom stereocenters. The zero-order valence-electron chi connectivity index (χ0n) is 10.2. The first kappa shape index (κ1) is 14.8. The average molecular weight is 298 g/mol. The summed E-state index contributed by atoms with van der Waals surface area (Å²) in [6.45, 7) is -0.213. The minimum atomic E-state index is -1.81. The summed E-state index contributed by atoms with van der Waals surface area (Å²) < 4.78 is 31.9. The van der Waals surface area contributed by atoms with Gasteiger partial charge < -0.3 is 14.8 Å². The molecule has 0 aliphatic heterocycles. The molecule has 104 valence electrons. The number of halogens is 3. The summed E-state index contributed by atoms with van der Waals surface area (Å²) in [5, 5.41) is 18.6. The van der Waals surface area contributed by atoms with Gasteiger partial charge in [0.05, 0.1) is 0 Å². The van der Waals surface area contributed by atoms with Gasteiger partial charge in [-0.1, -0.05) is 17.7 Å². The highest BCUT2D eigenvalue weighted by Crippen LogP contribution is 2.18. The van der Waals surface area contributed by atoms with Crippen molar-refractivity contribution in [1.29, 1.82) is 0 Å². The van der Waals surface area contributed by atoms with Gasteiger partial charge in [0.1, 0.15) is 24.0 Å². The minimum Gasteiger partial charge on any atom is -0.489 e. The lowest BCUT2D eigenvalue weighted by molar-refractivity contribution is 0.299. The van der Waals surface area contributed by atoms with Gasteiger partial charge in [0.15, 0.2) is 0 Å². The van der Waals surface area contributed by atoms with Gasteiger partial charge in [0, 0.05) is 22.1 Å². The van der Waals surface area contributed by atoms with E-state index in [1.807, 2.05) is 0 Å². The van der Waals surface area contributed by atoms with Crippen LogP contribution in [0.4, 0.5) is 8.78 Å². The highest BCUT2D eigenvalue weighted by Gasteiger charge is 2.18. The summed E-state index contributed by atoms with van der Waals surface area (Å²) >= 11 is 5.74. The van der Waals surface area contributed by atoms with Gasteiger partial charge in [-0.25, -0.2) is 8.78 Å². The Morgan fingerprint density at radius 3 is 2.55 bits per heavy atom. The second-order valence-corrected chi connectivity index (χ2v) is 4.52. The van der Waals surface area contributed by atoms with Gasteiger partial charge >= 0.3 is 7.12 Å². The lowest BCUT2D eigenvalue weighted by atomic mass is 9.79. The molecule has 2 aromatic carbocycles. The Morgan fingerprint density at radius 2 is 1.85 bits per heavy atom. The van der Waals surface area contributed by atoms with Crippen molar-refractivity contribution in [2.24, 2.45) is 0 Å². The first-order chi connectivity index (χ1) is 9.47. The lowest BCUT2D eigenvalue weighted by Crippen LogP contribution is -2.31. The number of benzene rings is 2. The molecule has 20 heavy (non-hydrogen) atoms. The molecule has 0 aliphatic carbocycles. The van der Waals surface area contributed by atoms with Crippen LogP contribution in [0.15, 0.2) is 36.4 Å². The highest BCUT2D eigenvalue weighted by molar-refractivity contribution is 6.59. The smallest absolute Gasteiger partial charge is 0.489 e. The SMILES string of the molecule is OB(O)c1ccc(F)cc1OCc1cc(Cl)ccc1F. The van der Waals surface area contributed by atoms with E-state index in [0.29, 0.717) is 5.02 Å². The summed E-state index contributed by atoms with van der Waals surface area (Å²) in [6, 6.07) is 7.22. The Morgan fingerprint density at radius 1 is 1.10 bits per heavy atom. The molecule has 0 saturated carbocycles. The van der Waals surface area contributed by atoms with Crippen LogP contribution in [0, 0.1) is 11.6 Å². The molecule has 0 bridgehead atoms. The van der Waals surface area contributed by atoms with E-state index in [2.05, 4.69) is 0 Å². The van der Waals surface area contributed by atoms with Gasteiger partial charge in [-0.3, -0.25) is 0 Å². The predicted molar refractivity (Wildman–Crippen MR) is 72.0 cm³/mol. The molecule has 0 heterocycles. The second-order valence-electron chi connectivity index (χ2n) is 4.08. The third kappa shape index (κ3) is 3.48. The van der Waals surface area contributed by atoms with Crippen LogP contribution in [0.3, 0.4) is 0 Å². The maximum Gasteiger partial charge on any atom is 0.492 e. The van der Waals surface area contributed by atoms with E-state index in [0.717, 1.165) is 12.1 Å². The van der Waals surface area contributed by atoms with Crippen LogP contribution in [0.1, 0.15) is 5.56 Å². The topological polar surface area (TPSA) is 49.7 Å². The Balaban J connectivity index is 2.22. The van der Waals surface area contributed by atoms with Gasteiger partial charge in [-0.2, -0.15) is 0 Å². The molecule has 3 nitrogen and oxygen atoms in total. The molecule has 0 radical (unpaired) electrons. The van der Waals surface area contributed by atoms with Crippen molar-refractivity contribution in [3.63, 3.8) is 0 Å². The fourth-order valence-corrected chi connectivity index (χ4v) is 1.85. The molecule has 0 aliphatic rings. The largest absolute Gasteiger partial charge is 0.492 e. The molecular weight excluding hydrogens is 288 g/mol. The maximum atomic E-state index is 13.5. The fraction of sp³-hybridized carbons (Fsp3) is 0.0769. The van der Waals surface area contributed by atoms with Crippen LogP contribution >= 0.6 is 11.6 Å². The summed E-state index contributed by atoms with van der Waals surface area (Å²) in [7, 11) is -1.81. The molecule has 2 N–H and O–H groups in total. The summed E-state index contributed by atoms with van der Waals surface area (Å²) in [5.41, 5.74) is 0.175. The minimum absolute atomic E-state index is 0.00571. The molecule has 0 aromatic heterocycles. The van der Waals surface area contributed by atoms with E-state index in [-0.39, 0.29) is 23.4 Å². The summed E-state index contributed by atoms with van der Waals surface area (Å²) in [4.78, 5) is 0. The Labute approximate surface area is 119 Å². The Kier molecular flexibility index (Phi) is 4.59. The molecule has 0 saturated heterocycles. The molecule has 7 heteroatoms. The van der Waals surface area contributed by atoms with E-state index in [9.17, 15) is 8.78 Å².